The van der Waals surface area contributed by atoms with Crippen molar-refractivity contribution < 1.29 is 9.59 Å². The number of likely N-dealkylation sites (tertiary alicyclic amines) is 1. The molecule has 1 heterocycles. The van der Waals surface area contributed by atoms with Gasteiger partial charge in [-0.05, 0) is 6.08 Å². The fourth-order valence-electron chi connectivity index (χ4n) is 1.22. The molecule has 1 fully saturated rings. The van der Waals surface area contributed by atoms with Crippen LogP contribution < -0.4 is 5.32 Å². The van der Waals surface area contributed by atoms with Crippen LogP contribution in [0.4, 0.5) is 0 Å². The minimum atomic E-state index is -0.219. The molecule has 0 spiro atoms. The monoisotopic (exact) mass is 168 g/mol. The van der Waals surface area contributed by atoms with Gasteiger partial charge in [0.15, 0.2) is 0 Å². The van der Waals surface area contributed by atoms with Crippen molar-refractivity contribution in [2.45, 2.75) is 12.5 Å². The summed E-state index contributed by atoms with van der Waals surface area (Å²) < 4.78 is 0. The van der Waals surface area contributed by atoms with E-state index in [1.54, 1.807) is 11.9 Å². The van der Waals surface area contributed by atoms with Gasteiger partial charge in [0.2, 0.25) is 11.8 Å². The van der Waals surface area contributed by atoms with Crippen molar-refractivity contribution in [3.8, 4) is 0 Å². The van der Waals surface area contributed by atoms with Gasteiger partial charge in [-0.3, -0.25) is 9.59 Å². The number of nitrogens with one attached hydrogen (secondary N) is 1. The second-order valence-corrected chi connectivity index (χ2v) is 2.89. The minimum Gasteiger partial charge on any atom is -0.348 e. The van der Waals surface area contributed by atoms with Crippen molar-refractivity contribution >= 4 is 11.8 Å². The zero-order chi connectivity index (χ0) is 9.14. The predicted molar refractivity (Wildman–Crippen MR) is 44.4 cm³/mol. The van der Waals surface area contributed by atoms with Crippen LogP contribution in [0, 0.1) is 0 Å². The van der Waals surface area contributed by atoms with Crippen molar-refractivity contribution in [2.75, 3.05) is 13.6 Å². The summed E-state index contributed by atoms with van der Waals surface area (Å²) >= 11 is 0. The van der Waals surface area contributed by atoms with Gasteiger partial charge < -0.3 is 10.2 Å². The standard InChI is InChI=1S/C8H12N2O2/c1-3-7(11)9-6-4-8(12)10(2)5-6/h3,6H,1,4-5H2,2H3,(H,9,11)/t6-/m0/s1. The molecule has 0 aromatic carbocycles. The third kappa shape index (κ3) is 1.84. The van der Waals surface area contributed by atoms with Gasteiger partial charge in [0.25, 0.3) is 0 Å². The highest BCUT2D eigenvalue weighted by Crippen LogP contribution is 2.07. The maximum absolute atomic E-state index is 11.0. The summed E-state index contributed by atoms with van der Waals surface area (Å²) in [6.07, 6.45) is 1.61. The molecule has 1 atom stereocenters. The molecule has 0 aromatic rings. The van der Waals surface area contributed by atoms with Crippen LogP contribution in [0.5, 0.6) is 0 Å². The summed E-state index contributed by atoms with van der Waals surface area (Å²) in [5.41, 5.74) is 0. The maximum Gasteiger partial charge on any atom is 0.243 e. The van der Waals surface area contributed by atoms with Crippen molar-refractivity contribution in [3.05, 3.63) is 12.7 Å². The summed E-state index contributed by atoms with van der Waals surface area (Å²) in [6, 6.07) is -0.0481. The third-order valence-corrected chi connectivity index (χ3v) is 1.87. The molecule has 1 aliphatic rings. The van der Waals surface area contributed by atoms with Gasteiger partial charge in [0.1, 0.15) is 0 Å². The molecule has 0 aliphatic carbocycles. The van der Waals surface area contributed by atoms with E-state index >= 15 is 0 Å². The minimum absolute atomic E-state index is 0.0481. The normalized spacial score (nSPS) is 22.6. The summed E-state index contributed by atoms with van der Waals surface area (Å²) in [6.45, 7) is 3.93. The lowest BCUT2D eigenvalue weighted by atomic mass is 10.2. The fraction of sp³-hybridized carbons (Fsp3) is 0.500. The molecule has 4 heteroatoms. The molecule has 0 aromatic heterocycles. The number of nitrogens with zero attached hydrogens (tertiary/aromatic N) is 1. The van der Waals surface area contributed by atoms with Gasteiger partial charge in [0, 0.05) is 20.0 Å². The number of likely N-dealkylation sites (N-methyl/N-ethyl adjacent to an activating group) is 1. The van der Waals surface area contributed by atoms with Crippen LogP contribution in [-0.2, 0) is 9.59 Å². The van der Waals surface area contributed by atoms with Crippen LogP contribution in [0.3, 0.4) is 0 Å². The molecule has 0 unspecified atom stereocenters. The van der Waals surface area contributed by atoms with E-state index in [0.717, 1.165) is 0 Å². The molecule has 66 valence electrons. The Balaban J connectivity index is 2.42. The zero-order valence-corrected chi connectivity index (χ0v) is 7.04. The van der Waals surface area contributed by atoms with Crippen molar-refractivity contribution in [3.63, 3.8) is 0 Å². The molecule has 0 bridgehead atoms. The first-order valence-corrected chi connectivity index (χ1v) is 3.80. The number of carbonyl (C=O) groups excluding carboxylic acids is 2. The first kappa shape index (κ1) is 8.77. The van der Waals surface area contributed by atoms with Gasteiger partial charge in [-0.25, -0.2) is 0 Å². The second-order valence-electron chi connectivity index (χ2n) is 2.89. The van der Waals surface area contributed by atoms with Crippen LogP contribution in [0.1, 0.15) is 6.42 Å². The SMILES string of the molecule is C=CC(=O)N[C@H]1CC(=O)N(C)C1. The Labute approximate surface area is 71.2 Å². The number of amides is 2. The van der Waals surface area contributed by atoms with E-state index in [2.05, 4.69) is 11.9 Å². The molecule has 12 heavy (non-hydrogen) atoms. The second kappa shape index (κ2) is 3.38. The highest BCUT2D eigenvalue weighted by molar-refractivity contribution is 5.88. The lowest BCUT2D eigenvalue weighted by molar-refractivity contribution is -0.126. The van der Waals surface area contributed by atoms with E-state index < -0.39 is 0 Å². The lowest BCUT2D eigenvalue weighted by Crippen LogP contribution is -2.35. The Morgan fingerprint density at radius 3 is 2.92 bits per heavy atom. The van der Waals surface area contributed by atoms with E-state index in [1.165, 1.54) is 6.08 Å². The van der Waals surface area contributed by atoms with Crippen molar-refractivity contribution in [1.29, 1.82) is 0 Å². The maximum atomic E-state index is 11.0. The van der Waals surface area contributed by atoms with Gasteiger partial charge >= 0.3 is 0 Å². The molecule has 0 radical (unpaired) electrons. The van der Waals surface area contributed by atoms with Gasteiger partial charge in [-0.15, -0.1) is 0 Å². The number of hydrogen-bond donors (Lipinski definition) is 1. The summed E-state index contributed by atoms with van der Waals surface area (Å²) in [5, 5.41) is 2.67. The molecule has 4 nitrogen and oxygen atoms in total. The molecular formula is C8H12N2O2. The smallest absolute Gasteiger partial charge is 0.243 e. The Bertz CT molecular complexity index is 225. The summed E-state index contributed by atoms with van der Waals surface area (Å²) in [4.78, 5) is 23.4. The lowest BCUT2D eigenvalue weighted by Gasteiger charge is -2.10. The quantitative estimate of drug-likeness (QED) is 0.566. The van der Waals surface area contributed by atoms with Gasteiger partial charge in [-0.2, -0.15) is 0 Å². The molecule has 1 rings (SSSR count). The summed E-state index contributed by atoms with van der Waals surface area (Å²) in [7, 11) is 1.72. The van der Waals surface area contributed by atoms with E-state index in [0.29, 0.717) is 13.0 Å². The Morgan fingerprint density at radius 2 is 2.50 bits per heavy atom. The molecule has 2 amide bonds. The number of hydrogen-bond acceptors (Lipinski definition) is 2. The van der Waals surface area contributed by atoms with Crippen LogP contribution in [0.2, 0.25) is 0 Å². The highest BCUT2D eigenvalue weighted by atomic mass is 16.2. The first-order chi connectivity index (χ1) is 5.63. The average molecular weight is 168 g/mol. The zero-order valence-electron chi connectivity index (χ0n) is 7.04. The average Bonchev–Trinajstić information content (AvgIpc) is 2.31. The highest BCUT2D eigenvalue weighted by Gasteiger charge is 2.26. The van der Waals surface area contributed by atoms with Crippen LogP contribution in [0.25, 0.3) is 0 Å². The summed E-state index contributed by atoms with van der Waals surface area (Å²) in [5.74, 6) is -0.146. The molecule has 1 N–H and O–H groups in total. The fourth-order valence-corrected chi connectivity index (χ4v) is 1.22. The molecule has 1 saturated heterocycles. The van der Waals surface area contributed by atoms with Crippen molar-refractivity contribution in [2.24, 2.45) is 0 Å². The van der Waals surface area contributed by atoms with Crippen molar-refractivity contribution in [1.82, 2.24) is 10.2 Å². The Morgan fingerprint density at radius 1 is 1.83 bits per heavy atom. The largest absolute Gasteiger partial charge is 0.348 e. The van der Waals surface area contributed by atoms with Gasteiger partial charge in [0.05, 0.1) is 6.04 Å². The van der Waals surface area contributed by atoms with E-state index in [4.69, 9.17) is 0 Å². The topological polar surface area (TPSA) is 49.4 Å². The van der Waals surface area contributed by atoms with Crippen LogP contribution in [0.15, 0.2) is 12.7 Å². The molecular weight excluding hydrogens is 156 g/mol. The van der Waals surface area contributed by atoms with E-state index in [1.807, 2.05) is 0 Å². The first-order valence-electron chi connectivity index (χ1n) is 3.80. The van der Waals surface area contributed by atoms with Crippen LogP contribution >= 0.6 is 0 Å². The third-order valence-electron chi connectivity index (χ3n) is 1.87. The number of rotatable bonds is 2. The molecule has 0 saturated carbocycles. The Kier molecular flexibility index (Phi) is 2.47. The van der Waals surface area contributed by atoms with E-state index in [9.17, 15) is 9.59 Å². The number of carbonyl (C=O) groups is 2. The van der Waals surface area contributed by atoms with E-state index in [-0.39, 0.29) is 17.9 Å². The Hall–Kier alpha value is -1.32. The van der Waals surface area contributed by atoms with Crippen LogP contribution in [-0.4, -0.2) is 36.3 Å². The molecule has 1 aliphatic heterocycles. The van der Waals surface area contributed by atoms with Gasteiger partial charge in [-0.1, -0.05) is 6.58 Å². The predicted octanol–water partition coefficient (Wildman–Crippen LogP) is -0.481.